The Kier molecular flexibility index (Phi) is 5.91. The minimum atomic E-state index is -4.50. The number of hydrogen-bond donors (Lipinski definition) is 2. The summed E-state index contributed by atoms with van der Waals surface area (Å²) in [7, 11) is 0. The fourth-order valence-electron chi connectivity index (χ4n) is 3.22. The number of carbonyl (C=O) groups is 2. The Hall–Kier alpha value is -3.61. The van der Waals surface area contributed by atoms with Gasteiger partial charge in [-0.25, -0.2) is 0 Å². The van der Waals surface area contributed by atoms with Crippen molar-refractivity contribution in [2.45, 2.75) is 18.5 Å². The summed E-state index contributed by atoms with van der Waals surface area (Å²) in [6.07, 6.45) is -4.76. The van der Waals surface area contributed by atoms with Crippen LogP contribution in [-0.2, 0) is 6.18 Å². The van der Waals surface area contributed by atoms with Crippen LogP contribution in [0.5, 0.6) is 0 Å². The SMILES string of the molecule is Nc1ccccc1C(=O)CC(C(=O)c1ccccc1N)c1ccc(C(F)(F)F)cc1. The van der Waals surface area contributed by atoms with Gasteiger partial charge in [-0.2, -0.15) is 13.2 Å². The van der Waals surface area contributed by atoms with E-state index in [9.17, 15) is 22.8 Å². The van der Waals surface area contributed by atoms with Gasteiger partial charge in [-0.15, -0.1) is 0 Å². The van der Waals surface area contributed by atoms with Gasteiger partial charge in [0.05, 0.1) is 11.5 Å². The maximum Gasteiger partial charge on any atom is 0.416 e. The number of nitrogens with two attached hydrogens (primary N) is 2. The van der Waals surface area contributed by atoms with E-state index in [0.29, 0.717) is 5.56 Å². The summed E-state index contributed by atoms with van der Waals surface area (Å²) in [6, 6.07) is 17.0. The van der Waals surface area contributed by atoms with Crippen LogP contribution >= 0.6 is 0 Å². The van der Waals surface area contributed by atoms with Crippen LogP contribution in [0, 0.1) is 0 Å². The number of carbonyl (C=O) groups excluding carboxylic acids is 2. The molecule has 0 heterocycles. The molecule has 0 radical (unpaired) electrons. The summed E-state index contributed by atoms with van der Waals surface area (Å²) in [6.45, 7) is 0. The van der Waals surface area contributed by atoms with E-state index in [-0.39, 0.29) is 34.7 Å². The van der Waals surface area contributed by atoms with Crippen LogP contribution < -0.4 is 11.5 Å². The zero-order valence-corrected chi connectivity index (χ0v) is 15.8. The molecule has 0 aromatic heterocycles. The highest BCUT2D eigenvalue weighted by molar-refractivity contribution is 6.09. The Morgan fingerprint density at radius 1 is 0.767 bits per heavy atom. The average molecular weight is 412 g/mol. The number of alkyl halides is 3. The van der Waals surface area contributed by atoms with E-state index >= 15 is 0 Å². The van der Waals surface area contributed by atoms with Crippen molar-refractivity contribution in [2.75, 3.05) is 11.5 Å². The smallest absolute Gasteiger partial charge is 0.398 e. The molecule has 4 N–H and O–H groups in total. The van der Waals surface area contributed by atoms with E-state index < -0.39 is 23.4 Å². The lowest BCUT2D eigenvalue weighted by molar-refractivity contribution is -0.137. The van der Waals surface area contributed by atoms with Crippen LogP contribution in [0.4, 0.5) is 24.5 Å². The van der Waals surface area contributed by atoms with Crippen molar-refractivity contribution >= 4 is 22.9 Å². The van der Waals surface area contributed by atoms with Gasteiger partial charge in [0.15, 0.2) is 11.6 Å². The number of hydrogen-bond acceptors (Lipinski definition) is 4. The van der Waals surface area contributed by atoms with Gasteiger partial charge < -0.3 is 11.5 Å². The lowest BCUT2D eigenvalue weighted by Crippen LogP contribution is -2.19. The molecule has 0 spiro atoms. The summed E-state index contributed by atoms with van der Waals surface area (Å²) in [4.78, 5) is 26.1. The molecule has 0 aliphatic rings. The first kappa shape index (κ1) is 21.1. The number of anilines is 2. The number of ketones is 2. The Balaban J connectivity index is 2.00. The van der Waals surface area contributed by atoms with E-state index in [1.54, 1.807) is 42.5 Å². The van der Waals surface area contributed by atoms with E-state index in [1.165, 1.54) is 18.2 Å². The molecule has 0 saturated carbocycles. The van der Waals surface area contributed by atoms with Gasteiger partial charge in [0.1, 0.15) is 0 Å². The van der Waals surface area contributed by atoms with Crippen molar-refractivity contribution in [3.63, 3.8) is 0 Å². The second-order valence-electron chi connectivity index (χ2n) is 6.84. The fourth-order valence-corrected chi connectivity index (χ4v) is 3.22. The zero-order chi connectivity index (χ0) is 21.9. The lowest BCUT2D eigenvalue weighted by Gasteiger charge is -2.18. The van der Waals surface area contributed by atoms with Gasteiger partial charge in [-0.1, -0.05) is 36.4 Å². The molecule has 0 fully saturated rings. The highest BCUT2D eigenvalue weighted by Gasteiger charge is 2.32. The predicted octanol–water partition coefficient (Wildman–Crippen LogP) is 5.11. The van der Waals surface area contributed by atoms with Gasteiger partial charge >= 0.3 is 6.18 Å². The number of Topliss-reactive ketones (excluding diaryl/α,β-unsaturated/α-hetero) is 2. The molecule has 4 nitrogen and oxygen atoms in total. The summed E-state index contributed by atoms with van der Waals surface area (Å²) in [5.41, 5.74) is 12.2. The third-order valence-electron chi connectivity index (χ3n) is 4.83. The first-order valence-corrected chi connectivity index (χ1v) is 9.12. The van der Waals surface area contributed by atoms with Gasteiger partial charge in [-0.3, -0.25) is 9.59 Å². The summed E-state index contributed by atoms with van der Waals surface area (Å²) < 4.78 is 38.8. The van der Waals surface area contributed by atoms with Gasteiger partial charge in [-0.05, 0) is 42.0 Å². The first-order valence-electron chi connectivity index (χ1n) is 9.12. The standard InChI is InChI=1S/C23H19F3N2O2/c24-23(25,26)15-11-9-14(10-12-15)18(22(30)17-6-2-4-8-20(17)28)13-21(29)16-5-1-3-7-19(16)27/h1-12,18H,13,27-28H2. The molecule has 0 bridgehead atoms. The molecule has 3 aromatic rings. The molecule has 0 aliphatic heterocycles. The molecular weight excluding hydrogens is 393 g/mol. The Morgan fingerprint density at radius 3 is 1.77 bits per heavy atom. The average Bonchev–Trinajstić information content (AvgIpc) is 2.71. The molecular formula is C23H19F3N2O2. The molecule has 154 valence electrons. The quantitative estimate of drug-likeness (QED) is 0.435. The molecule has 0 amide bonds. The maximum atomic E-state index is 13.2. The van der Waals surface area contributed by atoms with Crippen LogP contribution in [0.1, 0.15) is 44.2 Å². The molecule has 1 unspecified atom stereocenters. The lowest BCUT2D eigenvalue weighted by atomic mass is 9.84. The van der Waals surface area contributed by atoms with E-state index in [0.717, 1.165) is 12.1 Å². The van der Waals surface area contributed by atoms with Crippen LogP contribution in [0.2, 0.25) is 0 Å². The van der Waals surface area contributed by atoms with E-state index in [2.05, 4.69) is 0 Å². The summed E-state index contributed by atoms with van der Waals surface area (Å²) >= 11 is 0. The Labute approximate surface area is 171 Å². The Bertz CT molecular complexity index is 1080. The third kappa shape index (κ3) is 4.51. The van der Waals surface area contributed by atoms with Gasteiger partial charge in [0.2, 0.25) is 0 Å². The number of rotatable bonds is 6. The number of benzene rings is 3. The largest absolute Gasteiger partial charge is 0.416 e. The fraction of sp³-hybridized carbons (Fsp3) is 0.130. The molecule has 30 heavy (non-hydrogen) atoms. The molecule has 7 heteroatoms. The number of nitrogen functional groups attached to an aromatic ring is 2. The maximum absolute atomic E-state index is 13.2. The summed E-state index contributed by atoms with van der Waals surface area (Å²) in [5.74, 6) is -1.85. The second-order valence-corrected chi connectivity index (χ2v) is 6.84. The van der Waals surface area contributed by atoms with Gasteiger partial charge in [0, 0.05) is 28.9 Å². The van der Waals surface area contributed by atoms with Crippen molar-refractivity contribution < 1.29 is 22.8 Å². The highest BCUT2D eigenvalue weighted by Crippen LogP contribution is 2.33. The zero-order valence-electron chi connectivity index (χ0n) is 15.8. The van der Waals surface area contributed by atoms with Crippen molar-refractivity contribution in [1.82, 2.24) is 0 Å². The number of para-hydroxylation sites is 2. The van der Waals surface area contributed by atoms with Crippen molar-refractivity contribution in [3.05, 3.63) is 95.1 Å². The molecule has 1 atom stereocenters. The third-order valence-corrected chi connectivity index (χ3v) is 4.83. The van der Waals surface area contributed by atoms with E-state index in [1.807, 2.05) is 0 Å². The van der Waals surface area contributed by atoms with Crippen LogP contribution in [-0.4, -0.2) is 11.6 Å². The van der Waals surface area contributed by atoms with Crippen LogP contribution in [0.3, 0.4) is 0 Å². The minimum absolute atomic E-state index is 0.205. The predicted molar refractivity (Wildman–Crippen MR) is 109 cm³/mol. The van der Waals surface area contributed by atoms with Crippen molar-refractivity contribution in [1.29, 1.82) is 0 Å². The van der Waals surface area contributed by atoms with E-state index in [4.69, 9.17) is 11.5 Å². The molecule has 0 aliphatic carbocycles. The molecule has 3 aromatic carbocycles. The second kappa shape index (κ2) is 8.41. The Morgan fingerprint density at radius 2 is 1.27 bits per heavy atom. The van der Waals surface area contributed by atoms with Crippen LogP contribution in [0.25, 0.3) is 0 Å². The van der Waals surface area contributed by atoms with Crippen molar-refractivity contribution in [3.8, 4) is 0 Å². The normalized spacial score (nSPS) is 12.4. The highest BCUT2D eigenvalue weighted by atomic mass is 19.4. The monoisotopic (exact) mass is 412 g/mol. The topological polar surface area (TPSA) is 86.2 Å². The van der Waals surface area contributed by atoms with Crippen molar-refractivity contribution in [2.24, 2.45) is 0 Å². The van der Waals surface area contributed by atoms with Crippen LogP contribution in [0.15, 0.2) is 72.8 Å². The molecule has 3 rings (SSSR count). The molecule has 0 saturated heterocycles. The number of halogens is 3. The summed E-state index contributed by atoms with van der Waals surface area (Å²) in [5, 5.41) is 0. The van der Waals surface area contributed by atoms with Gasteiger partial charge in [0.25, 0.3) is 0 Å². The minimum Gasteiger partial charge on any atom is -0.398 e. The first-order chi connectivity index (χ1) is 14.2.